The van der Waals surface area contributed by atoms with Crippen LogP contribution in [0.1, 0.15) is 49.8 Å². The normalized spacial score (nSPS) is 23.3. The number of likely N-dealkylation sites (tertiary alicyclic amines) is 1. The van der Waals surface area contributed by atoms with Crippen molar-refractivity contribution < 1.29 is 9.59 Å². The van der Waals surface area contributed by atoms with E-state index >= 15 is 0 Å². The fraction of sp³-hybridized carbons (Fsp3) is 0.476. The minimum atomic E-state index is 0.00727. The van der Waals surface area contributed by atoms with Crippen molar-refractivity contribution >= 4 is 44.3 Å². The van der Waals surface area contributed by atoms with Crippen LogP contribution in [0, 0.1) is 13.8 Å². The van der Waals surface area contributed by atoms with Gasteiger partial charge < -0.3 is 5.32 Å². The molecular formula is C21H24BrN3O2. The number of hydrogen-bond donors (Lipinski definition) is 1. The predicted octanol–water partition coefficient (Wildman–Crippen LogP) is 4.49. The SMILES string of the molecule is Cc1nc2ccc(Br)cc2c(NC2CCC(N3C(=O)CCC3=O)CC2)c1C. The van der Waals surface area contributed by atoms with E-state index < -0.39 is 0 Å². The number of benzene rings is 1. The van der Waals surface area contributed by atoms with Gasteiger partial charge in [-0.2, -0.15) is 0 Å². The number of nitrogens with zero attached hydrogens (tertiary/aromatic N) is 2. The Morgan fingerprint density at radius 3 is 2.41 bits per heavy atom. The Balaban J connectivity index is 1.52. The van der Waals surface area contributed by atoms with Crippen LogP contribution in [0.2, 0.25) is 0 Å². The molecule has 2 heterocycles. The van der Waals surface area contributed by atoms with E-state index in [-0.39, 0.29) is 17.9 Å². The smallest absolute Gasteiger partial charge is 0.229 e. The maximum atomic E-state index is 12.0. The van der Waals surface area contributed by atoms with Crippen LogP contribution in [0.5, 0.6) is 0 Å². The molecule has 2 amide bonds. The molecule has 0 atom stereocenters. The highest BCUT2D eigenvalue weighted by Gasteiger charge is 2.36. The van der Waals surface area contributed by atoms with E-state index in [0.29, 0.717) is 18.9 Å². The number of aromatic nitrogens is 1. The third kappa shape index (κ3) is 3.47. The summed E-state index contributed by atoms with van der Waals surface area (Å²) in [4.78, 5) is 30.2. The third-order valence-electron chi connectivity index (χ3n) is 5.93. The van der Waals surface area contributed by atoms with E-state index in [1.165, 1.54) is 10.5 Å². The molecule has 0 bridgehead atoms. The van der Waals surface area contributed by atoms with Crippen molar-refractivity contribution in [1.29, 1.82) is 0 Å². The van der Waals surface area contributed by atoms with E-state index in [9.17, 15) is 9.59 Å². The second kappa shape index (κ2) is 7.23. The van der Waals surface area contributed by atoms with Crippen molar-refractivity contribution in [3.63, 3.8) is 0 Å². The van der Waals surface area contributed by atoms with Gasteiger partial charge in [-0.1, -0.05) is 15.9 Å². The average molecular weight is 430 g/mol. The number of pyridine rings is 1. The Morgan fingerprint density at radius 2 is 1.74 bits per heavy atom. The van der Waals surface area contributed by atoms with Gasteiger partial charge >= 0.3 is 0 Å². The van der Waals surface area contributed by atoms with Crippen molar-refractivity contribution in [3.8, 4) is 0 Å². The molecule has 4 rings (SSSR count). The van der Waals surface area contributed by atoms with Crippen LogP contribution in [-0.4, -0.2) is 33.8 Å². The van der Waals surface area contributed by atoms with Crippen LogP contribution in [0.15, 0.2) is 22.7 Å². The first-order chi connectivity index (χ1) is 12.9. The zero-order chi connectivity index (χ0) is 19.1. The maximum absolute atomic E-state index is 12.0. The Bertz CT molecular complexity index is 903. The van der Waals surface area contributed by atoms with Gasteiger partial charge in [-0.15, -0.1) is 0 Å². The van der Waals surface area contributed by atoms with Gasteiger partial charge in [0.2, 0.25) is 11.8 Å². The van der Waals surface area contributed by atoms with Gasteiger partial charge in [-0.05, 0) is 63.3 Å². The molecule has 0 spiro atoms. The molecule has 1 aromatic carbocycles. The lowest BCUT2D eigenvalue weighted by atomic mass is 9.89. The van der Waals surface area contributed by atoms with Gasteiger partial charge in [0.1, 0.15) is 0 Å². The standard InChI is InChI=1S/C21H24BrN3O2/c1-12-13(2)23-18-8-3-14(22)11-17(18)21(12)24-15-4-6-16(7-5-15)25-19(26)9-10-20(25)27/h3,8,11,15-16H,4-7,9-10H2,1-2H3,(H,23,24). The van der Waals surface area contributed by atoms with Gasteiger partial charge in [0.25, 0.3) is 0 Å². The zero-order valence-corrected chi connectivity index (χ0v) is 17.3. The van der Waals surface area contributed by atoms with Crippen molar-refractivity contribution in [1.82, 2.24) is 9.88 Å². The number of halogens is 1. The highest BCUT2D eigenvalue weighted by molar-refractivity contribution is 9.10. The summed E-state index contributed by atoms with van der Waals surface area (Å²) in [5.41, 5.74) is 4.35. The molecule has 1 saturated carbocycles. The van der Waals surface area contributed by atoms with Gasteiger partial charge in [0.05, 0.1) is 5.52 Å². The quantitative estimate of drug-likeness (QED) is 0.730. The van der Waals surface area contributed by atoms with Crippen LogP contribution in [-0.2, 0) is 9.59 Å². The molecule has 0 unspecified atom stereocenters. The molecule has 1 aromatic heterocycles. The highest BCUT2D eigenvalue weighted by Crippen LogP contribution is 2.34. The number of fused-ring (bicyclic) bond motifs is 1. The number of anilines is 1. The number of nitrogens with one attached hydrogen (secondary N) is 1. The summed E-state index contributed by atoms with van der Waals surface area (Å²) in [5.74, 6) is 0.0145. The van der Waals surface area contributed by atoms with Crippen molar-refractivity contribution in [2.75, 3.05) is 5.32 Å². The summed E-state index contributed by atoms with van der Waals surface area (Å²) in [7, 11) is 0. The third-order valence-corrected chi connectivity index (χ3v) is 6.43. The van der Waals surface area contributed by atoms with Gasteiger partial charge in [0.15, 0.2) is 0 Å². The number of carbonyl (C=O) groups is 2. The van der Waals surface area contributed by atoms with Crippen LogP contribution in [0.3, 0.4) is 0 Å². The summed E-state index contributed by atoms with van der Waals surface area (Å²) < 4.78 is 1.04. The van der Waals surface area contributed by atoms with Gasteiger partial charge in [0, 0.05) is 46.2 Å². The summed E-state index contributed by atoms with van der Waals surface area (Å²) in [6, 6.07) is 6.60. The molecule has 6 heteroatoms. The number of imide groups is 1. The monoisotopic (exact) mass is 429 g/mol. The zero-order valence-electron chi connectivity index (χ0n) is 15.7. The molecule has 142 valence electrons. The Hall–Kier alpha value is -1.95. The topological polar surface area (TPSA) is 62.3 Å². The molecule has 1 aliphatic heterocycles. The number of hydrogen-bond acceptors (Lipinski definition) is 4. The van der Waals surface area contributed by atoms with E-state index in [1.807, 2.05) is 19.1 Å². The van der Waals surface area contributed by atoms with Crippen molar-refractivity contribution in [3.05, 3.63) is 33.9 Å². The molecule has 5 nitrogen and oxygen atoms in total. The Morgan fingerprint density at radius 1 is 1.07 bits per heavy atom. The molecule has 2 aromatic rings. The second-order valence-corrected chi connectivity index (χ2v) is 8.58. The van der Waals surface area contributed by atoms with Gasteiger partial charge in [-0.25, -0.2) is 0 Å². The lowest BCUT2D eigenvalue weighted by Crippen LogP contribution is -2.43. The second-order valence-electron chi connectivity index (χ2n) is 7.67. The lowest BCUT2D eigenvalue weighted by molar-refractivity contribution is -0.141. The summed E-state index contributed by atoms with van der Waals surface area (Å²) in [5, 5.41) is 4.87. The van der Waals surface area contributed by atoms with Crippen molar-refractivity contribution in [2.45, 2.75) is 64.5 Å². The van der Waals surface area contributed by atoms with Crippen LogP contribution >= 0.6 is 15.9 Å². The van der Waals surface area contributed by atoms with Gasteiger partial charge in [-0.3, -0.25) is 19.5 Å². The number of carbonyl (C=O) groups excluding carboxylic acids is 2. The first kappa shape index (κ1) is 18.4. The van der Waals surface area contributed by atoms with Crippen LogP contribution in [0.4, 0.5) is 5.69 Å². The number of amides is 2. The summed E-state index contributed by atoms with van der Waals surface area (Å²) >= 11 is 3.57. The number of rotatable bonds is 3. The lowest BCUT2D eigenvalue weighted by Gasteiger charge is -2.34. The minimum absolute atomic E-state index is 0.00727. The summed E-state index contributed by atoms with van der Waals surface area (Å²) in [6.07, 6.45) is 4.43. The van der Waals surface area contributed by atoms with E-state index in [4.69, 9.17) is 4.98 Å². The average Bonchev–Trinajstić information content (AvgIpc) is 2.99. The molecule has 27 heavy (non-hydrogen) atoms. The first-order valence-electron chi connectivity index (χ1n) is 9.62. The first-order valence-corrected chi connectivity index (χ1v) is 10.4. The molecule has 2 fully saturated rings. The molecule has 2 aliphatic rings. The number of aryl methyl sites for hydroxylation is 1. The van der Waals surface area contributed by atoms with E-state index in [1.54, 1.807) is 0 Å². The van der Waals surface area contributed by atoms with E-state index in [2.05, 4.69) is 34.2 Å². The highest BCUT2D eigenvalue weighted by atomic mass is 79.9. The molecule has 1 aliphatic carbocycles. The largest absolute Gasteiger partial charge is 0.381 e. The van der Waals surface area contributed by atoms with Crippen LogP contribution < -0.4 is 5.32 Å². The molecular weight excluding hydrogens is 406 g/mol. The van der Waals surface area contributed by atoms with Crippen LogP contribution in [0.25, 0.3) is 10.9 Å². The maximum Gasteiger partial charge on any atom is 0.229 e. The fourth-order valence-corrected chi connectivity index (χ4v) is 4.68. The van der Waals surface area contributed by atoms with E-state index in [0.717, 1.165) is 52.4 Å². The molecule has 0 radical (unpaired) electrons. The van der Waals surface area contributed by atoms with Crippen molar-refractivity contribution in [2.24, 2.45) is 0 Å². The fourth-order valence-electron chi connectivity index (χ4n) is 4.32. The molecule has 1 N–H and O–H groups in total. The molecule has 1 saturated heterocycles. The predicted molar refractivity (Wildman–Crippen MR) is 110 cm³/mol. The Kier molecular flexibility index (Phi) is 4.93. The minimum Gasteiger partial charge on any atom is -0.381 e. The summed E-state index contributed by atoms with van der Waals surface area (Å²) in [6.45, 7) is 4.15. The Labute approximate surface area is 167 Å².